The highest BCUT2D eigenvalue weighted by atomic mass is 35.5. The van der Waals surface area contributed by atoms with Gasteiger partial charge in [0, 0.05) is 25.1 Å². The van der Waals surface area contributed by atoms with Crippen molar-refractivity contribution >= 4 is 17.5 Å². The molecule has 2 atom stereocenters. The van der Waals surface area contributed by atoms with Crippen LogP contribution in [0, 0.1) is 5.92 Å². The summed E-state index contributed by atoms with van der Waals surface area (Å²) in [5.74, 6) is 0.854. The molecule has 2 aliphatic rings. The van der Waals surface area contributed by atoms with Gasteiger partial charge in [0.25, 0.3) is 0 Å². The molecule has 3 nitrogen and oxygen atoms in total. The van der Waals surface area contributed by atoms with Crippen LogP contribution in [0.25, 0.3) is 0 Å². The van der Waals surface area contributed by atoms with Crippen molar-refractivity contribution in [2.75, 3.05) is 19.0 Å². The van der Waals surface area contributed by atoms with E-state index in [-0.39, 0.29) is 17.9 Å². The third-order valence-corrected chi connectivity index (χ3v) is 4.49. The Hall–Kier alpha value is -0.280. The highest BCUT2D eigenvalue weighted by Gasteiger charge is 2.36. The quantitative estimate of drug-likeness (QED) is 0.737. The van der Waals surface area contributed by atoms with E-state index in [0.29, 0.717) is 18.5 Å². The van der Waals surface area contributed by atoms with E-state index < -0.39 is 0 Å². The molecule has 1 aliphatic carbocycles. The topological polar surface area (TPSA) is 29.5 Å². The lowest BCUT2D eigenvalue weighted by molar-refractivity contribution is -0.139. The predicted octanol–water partition coefficient (Wildman–Crippen LogP) is 2.81. The molecule has 0 spiro atoms. The smallest absolute Gasteiger partial charge is 0.228 e. The maximum atomic E-state index is 12.6. The first-order chi connectivity index (χ1) is 8.74. The number of nitrogens with zero attached hydrogens (tertiary/aromatic N) is 1. The maximum absolute atomic E-state index is 12.6. The van der Waals surface area contributed by atoms with Gasteiger partial charge in [-0.05, 0) is 26.2 Å². The van der Waals surface area contributed by atoms with Crippen LogP contribution in [-0.4, -0.2) is 42.0 Å². The van der Waals surface area contributed by atoms with Crippen molar-refractivity contribution in [3.63, 3.8) is 0 Å². The van der Waals surface area contributed by atoms with Gasteiger partial charge in [-0.15, -0.1) is 11.6 Å². The third kappa shape index (κ3) is 3.18. The fourth-order valence-electron chi connectivity index (χ4n) is 3.23. The summed E-state index contributed by atoms with van der Waals surface area (Å²) in [5.41, 5.74) is 0. The fraction of sp³-hybridized carbons (Fsp3) is 0.929. The van der Waals surface area contributed by atoms with Crippen molar-refractivity contribution in [2.45, 2.75) is 57.6 Å². The van der Waals surface area contributed by atoms with Gasteiger partial charge in [0.05, 0.1) is 12.0 Å². The summed E-state index contributed by atoms with van der Waals surface area (Å²) in [4.78, 5) is 14.7. The first kappa shape index (κ1) is 14.1. The van der Waals surface area contributed by atoms with E-state index >= 15 is 0 Å². The number of hydrogen-bond donors (Lipinski definition) is 0. The van der Waals surface area contributed by atoms with E-state index in [9.17, 15) is 4.79 Å². The number of carbonyl (C=O) groups is 1. The second kappa shape index (κ2) is 6.76. The lowest BCUT2D eigenvalue weighted by Gasteiger charge is -2.36. The number of rotatable bonds is 4. The Kier molecular flexibility index (Phi) is 5.31. The number of carbonyl (C=O) groups excluding carboxylic acids is 1. The lowest BCUT2D eigenvalue weighted by Crippen LogP contribution is -2.46. The SMILES string of the molecule is CC1OCCC1C(=O)N(CCCl)C1CCCCC1. The van der Waals surface area contributed by atoms with E-state index in [1.165, 1.54) is 19.3 Å². The zero-order valence-electron chi connectivity index (χ0n) is 11.2. The van der Waals surface area contributed by atoms with Gasteiger partial charge in [-0.2, -0.15) is 0 Å². The number of halogens is 1. The zero-order chi connectivity index (χ0) is 13.0. The second-order valence-electron chi connectivity index (χ2n) is 5.48. The van der Waals surface area contributed by atoms with Gasteiger partial charge in [-0.25, -0.2) is 0 Å². The average Bonchev–Trinajstić information content (AvgIpc) is 2.82. The molecule has 4 heteroatoms. The van der Waals surface area contributed by atoms with Gasteiger partial charge >= 0.3 is 0 Å². The molecule has 0 radical (unpaired) electrons. The Labute approximate surface area is 115 Å². The summed E-state index contributed by atoms with van der Waals surface area (Å²) in [7, 11) is 0. The van der Waals surface area contributed by atoms with Crippen LogP contribution in [0.1, 0.15) is 45.4 Å². The molecular formula is C14H24ClNO2. The summed E-state index contributed by atoms with van der Waals surface area (Å²) in [6, 6.07) is 0.415. The Balaban J connectivity index is 2.01. The molecule has 1 saturated carbocycles. The summed E-state index contributed by atoms with van der Waals surface area (Å²) < 4.78 is 5.52. The van der Waals surface area contributed by atoms with Gasteiger partial charge in [-0.3, -0.25) is 4.79 Å². The van der Waals surface area contributed by atoms with E-state index in [1.807, 2.05) is 11.8 Å². The minimum atomic E-state index is 0.0511. The van der Waals surface area contributed by atoms with E-state index in [1.54, 1.807) is 0 Å². The predicted molar refractivity (Wildman–Crippen MR) is 72.8 cm³/mol. The van der Waals surface area contributed by atoms with Crippen LogP contribution in [0.3, 0.4) is 0 Å². The normalized spacial score (nSPS) is 29.4. The first-order valence-corrected chi connectivity index (χ1v) is 7.75. The largest absolute Gasteiger partial charge is 0.378 e. The highest BCUT2D eigenvalue weighted by Crippen LogP contribution is 2.28. The summed E-state index contributed by atoms with van der Waals surface area (Å²) in [6.07, 6.45) is 7.02. The molecule has 18 heavy (non-hydrogen) atoms. The highest BCUT2D eigenvalue weighted by molar-refractivity contribution is 6.18. The molecule has 0 aromatic carbocycles. The zero-order valence-corrected chi connectivity index (χ0v) is 12.0. The van der Waals surface area contributed by atoms with Crippen LogP contribution >= 0.6 is 11.6 Å². The second-order valence-corrected chi connectivity index (χ2v) is 5.86. The Morgan fingerprint density at radius 1 is 1.28 bits per heavy atom. The van der Waals surface area contributed by atoms with Crippen LogP contribution < -0.4 is 0 Å². The average molecular weight is 274 g/mol. The Morgan fingerprint density at radius 2 is 2.00 bits per heavy atom. The van der Waals surface area contributed by atoms with Crippen molar-refractivity contribution < 1.29 is 9.53 Å². The van der Waals surface area contributed by atoms with Crippen molar-refractivity contribution in [3.05, 3.63) is 0 Å². The molecule has 0 aromatic rings. The summed E-state index contributed by atoms with van der Waals surface area (Å²) in [5, 5.41) is 0. The Bertz CT molecular complexity index is 279. The van der Waals surface area contributed by atoms with Crippen molar-refractivity contribution in [2.24, 2.45) is 5.92 Å². The number of ether oxygens (including phenoxy) is 1. The lowest BCUT2D eigenvalue weighted by atomic mass is 9.92. The molecule has 1 heterocycles. The van der Waals surface area contributed by atoms with Gasteiger partial charge in [0.15, 0.2) is 0 Å². The number of alkyl halides is 1. The van der Waals surface area contributed by atoms with Gasteiger partial charge < -0.3 is 9.64 Å². The molecule has 104 valence electrons. The van der Waals surface area contributed by atoms with Crippen LogP contribution in [0.5, 0.6) is 0 Å². The summed E-state index contributed by atoms with van der Waals surface area (Å²) >= 11 is 5.88. The minimum absolute atomic E-state index is 0.0511. The standard InChI is InChI=1S/C14H24ClNO2/c1-11-13(7-10-18-11)14(17)16(9-8-15)12-5-3-2-4-6-12/h11-13H,2-10H2,1H3. The fourth-order valence-corrected chi connectivity index (χ4v) is 3.41. The van der Waals surface area contributed by atoms with Crippen LogP contribution in [0.15, 0.2) is 0 Å². The number of amides is 1. The molecule has 2 unspecified atom stereocenters. The maximum Gasteiger partial charge on any atom is 0.228 e. The van der Waals surface area contributed by atoms with Gasteiger partial charge in [0.2, 0.25) is 5.91 Å². The molecule has 1 aliphatic heterocycles. The third-order valence-electron chi connectivity index (χ3n) is 4.32. The molecule has 2 fully saturated rings. The van der Waals surface area contributed by atoms with Crippen molar-refractivity contribution in [3.8, 4) is 0 Å². The monoisotopic (exact) mass is 273 g/mol. The number of hydrogen-bond acceptors (Lipinski definition) is 2. The molecule has 0 aromatic heterocycles. The van der Waals surface area contributed by atoms with E-state index in [2.05, 4.69) is 0 Å². The van der Waals surface area contributed by atoms with Crippen LogP contribution in [0.4, 0.5) is 0 Å². The first-order valence-electron chi connectivity index (χ1n) is 7.22. The Morgan fingerprint density at radius 3 is 2.56 bits per heavy atom. The van der Waals surface area contributed by atoms with E-state index in [4.69, 9.17) is 16.3 Å². The van der Waals surface area contributed by atoms with Crippen molar-refractivity contribution in [1.29, 1.82) is 0 Å². The molecule has 0 N–H and O–H groups in total. The van der Waals surface area contributed by atoms with Gasteiger partial charge in [0.1, 0.15) is 0 Å². The molecule has 1 saturated heterocycles. The van der Waals surface area contributed by atoms with Gasteiger partial charge in [-0.1, -0.05) is 19.3 Å². The molecule has 1 amide bonds. The van der Waals surface area contributed by atoms with Crippen molar-refractivity contribution in [1.82, 2.24) is 4.90 Å². The summed E-state index contributed by atoms with van der Waals surface area (Å²) in [6.45, 7) is 3.42. The minimum Gasteiger partial charge on any atom is -0.378 e. The molecule has 2 rings (SSSR count). The van der Waals surface area contributed by atoms with E-state index in [0.717, 1.165) is 25.9 Å². The van der Waals surface area contributed by atoms with Crippen LogP contribution in [0.2, 0.25) is 0 Å². The van der Waals surface area contributed by atoms with Crippen LogP contribution in [-0.2, 0) is 9.53 Å². The molecule has 0 bridgehead atoms. The molecular weight excluding hydrogens is 250 g/mol.